The van der Waals surface area contributed by atoms with Gasteiger partial charge in [-0.15, -0.1) is 0 Å². The van der Waals surface area contributed by atoms with Crippen LogP contribution in [0.25, 0.3) is 11.1 Å². The summed E-state index contributed by atoms with van der Waals surface area (Å²) in [5, 5.41) is 7.10. The third-order valence-electron chi connectivity index (χ3n) is 5.73. The Morgan fingerprint density at radius 2 is 1.73 bits per heavy atom. The van der Waals surface area contributed by atoms with Gasteiger partial charge in [-0.3, -0.25) is 10.00 Å². The molecule has 0 radical (unpaired) electrons. The first-order valence-corrected chi connectivity index (χ1v) is 10.0. The second-order valence-electron chi connectivity index (χ2n) is 7.51. The number of aromatic nitrogens is 2. The summed E-state index contributed by atoms with van der Waals surface area (Å²) in [6, 6.07) is 9.67. The van der Waals surface area contributed by atoms with Crippen molar-refractivity contribution in [3.63, 3.8) is 0 Å². The number of nitrogens with zero attached hydrogens (tertiary/aromatic N) is 2. The number of H-pyrrole nitrogens is 1. The fourth-order valence-electron chi connectivity index (χ4n) is 4.30. The maximum atomic E-state index is 14.4. The van der Waals surface area contributed by atoms with E-state index >= 15 is 0 Å². The molecule has 1 atom stereocenters. The Morgan fingerprint density at radius 3 is 2.40 bits per heavy atom. The molecule has 2 heterocycles. The molecule has 1 aliphatic rings. The van der Waals surface area contributed by atoms with Gasteiger partial charge in [-0.25, -0.2) is 8.78 Å². The number of benzene rings is 2. The van der Waals surface area contributed by atoms with E-state index in [0.29, 0.717) is 12.1 Å². The molecule has 0 saturated carbocycles. The summed E-state index contributed by atoms with van der Waals surface area (Å²) in [5.74, 6) is 0.503. The van der Waals surface area contributed by atoms with Crippen molar-refractivity contribution in [1.29, 1.82) is 0 Å². The zero-order valence-electron chi connectivity index (χ0n) is 17.1. The number of nitrogens with one attached hydrogen (secondary N) is 1. The van der Waals surface area contributed by atoms with Crippen LogP contribution in [0.4, 0.5) is 8.78 Å². The number of aromatic amines is 1. The molecule has 0 amide bonds. The van der Waals surface area contributed by atoms with Gasteiger partial charge in [0.15, 0.2) is 0 Å². The molecule has 1 aromatic heterocycles. The number of piperidine rings is 1. The average molecular weight is 413 g/mol. The number of rotatable bonds is 6. The molecule has 7 heteroatoms. The monoisotopic (exact) mass is 413 g/mol. The predicted octanol–water partition coefficient (Wildman–Crippen LogP) is 4.75. The first-order valence-electron chi connectivity index (χ1n) is 10.0. The van der Waals surface area contributed by atoms with Crippen LogP contribution >= 0.6 is 0 Å². The highest BCUT2D eigenvalue weighted by Gasteiger charge is 2.28. The predicted molar refractivity (Wildman–Crippen MR) is 111 cm³/mol. The first-order chi connectivity index (χ1) is 14.6. The van der Waals surface area contributed by atoms with E-state index in [1.807, 2.05) is 18.2 Å². The molecule has 4 rings (SSSR count). The van der Waals surface area contributed by atoms with Crippen molar-refractivity contribution in [2.24, 2.45) is 0 Å². The molecule has 3 aromatic rings. The van der Waals surface area contributed by atoms with E-state index in [4.69, 9.17) is 9.47 Å². The molecule has 1 fully saturated rings. The molecule has 1 aliphatic heterocycles. The summed E-state index contributed by atoms with van der Waals surface area (Å²) >= 11 is 0. The topological polar surface area (TPSA) is 50.4 Å². The van der Waals surface area contributed by atoms with Gasteiger partial charge in [-0.2, -0.15) is 5.10 Å². The maximum Gasteiger partial charge on any atom is 0.134 e. The largest absolute Gasteiger partial charge is 0.496 e. The van der Waals surface area contributed by atoms with Crippen molar-refractivity contribution < 1.29 is 18.3 Å². The molecular formula is C23H25F2N3O2. The molecule has 0 aliphatic carbocycles. The van der Waals surface area contributed by atoms with Gasteiger partial charge in [0.2, 0.25) is 0 Å². The summed E-state index contributed by atoms with van der Waals surface area (Å²) in [6.45, 7) is 2.34. The molecule has 1 saturated heterocycles. The summed E-state index contributed by atoms with van der Waals surface area (Å²) in [5.41, 5.74) is 2.24. The number of methoxy groups -OCH3 is 2. The molecule has 0 bridgehead atoms. The second-order valence-corrected chi connectivity index (χ2v) is 7.51. The van der Waals surface area contributed by atoms with Crippen molar-refractivity contribution in [2.75, 3.05) is 27.3 Å². The van der Waals surface area contributed by atoms with Crippen LogP contribution in [0.3, 0.4) is 0 Å². The fraction of sp³-hybridized carbons (Fsp3) is 0.348. The second kappa shape index (κ2) is 8.83. The normalized spacial score (nSPS) is 17.1. The van der Waals surface area contributed by atoms with Gasteiger partial charge in [0.1, 0.15) is 23.1 Å². The van der Waals surface area contributed by atoms with Gasteiger partial charge in [-0.05, 0) is 43.7 Å². The number of ether oxygens (including phenoxy) is 2. The van der Waals surface area contributed by atoms with Crippen molar-refractivity contribution in [3.05, 3.63) is 65.5 Å². The maximum absolute atomic E-state index is 14.4. The van der Waals surface area contributed by atoms with E-state index in [1.54, 1.807) is 14.2 Å². The van der Waals surface area contributed by atoms with Crippen LogP contribution in [0.15, 0.2) is 42.6 Å². The lowest BCUT2D eigenvalue weighted by Gasteiger charge is -2.33. The summed E-state index contributed by atoms with van der Waals surface area (Å²) in [7, 11) is 3.30. The first kappa shape index (κ1) is 20.3. The minimum absolute atomic E-state index is 0.0234. The molecule has 5 nitrogen and oxygen atoms in total. The highest BCUT2D eigenvalue weighted by Crippen LogP contribution is 2.37. The smallest absolute Gasteiger partial charge is 0.134 e. The van der Waals surface area contributed by atoms with E-state index in [9.17, 15) is 8.78 Å². The van der Waals surface area contributed by atoms with E-state index < -0.39 is 11.6 Å². The van der Waals surface area contributed by atoms with E-state index in [0.717, 1.165) is 48.7 Å². The summed E-state index contributed by atoms with van der Waals surface area (Å²) < 4.78 is 39.8. The van der Waals surface area contributed by atoms with Gasteiger partial charge in [0.05, 0.1) is 31.5 Å². The van der Waals surface area contributed by atoms with Crippen molar-refractivity contribution in [2.45, 2.75) is 25.3 Å². The number of hydrogen-bond donors (Lipinski definition) is 1. The van der Waals surface area contributed by atoms with Gasteiger partial charge in [-0.1, -0.05) is 12.1 Å². The van der Waals surface area contributed by atoms with Gasteiger partial charge in [0, 0.05) is 30.3 Å². The average Bonchev–Trinajstić information content (AvgIpc) is 3.23. The zero-order chi connectivity index (χ0) is 21.1. The van der Waals surface area contributed by atoms with Crippen molar-refractivity contribution in [3.8, 4) is 22.6 Å². The molecule has 1 N–H and O–H groups in total. The Hall–Kier alpha value is -2.93. The minimum atomic E-state index is -0.580. The van der Waals surface area contributed by atoms with E-state index in [1.165, 1.54) is 24.4 Å². The van der Waals surface area contributed by atoms with Crippen LogP contribution in [-0.4, -0.2) is 42.4 Å². The molecule has 1 unspecified atom stereocenters. The Balaban J connectivity index is 1.59. The SMILES string of the molecule is COc1cccc(OC)c1CN1CCCC(c2[nH]ncc2-c2c(F)cccc2F)C1. The quantitative estimate of drug-likeness (QED) is 0.634. The van der Waals surface area contributed by atoms with Crippen LogP contribution in [0.5, 0.6) is 11.5 Å². The Kier molecular flexibility index (Phi) is 5.99. The van der Waals surface area contributed by atoms with Crippen LogP contribution in [0, 0.1) is 11.6 Å². The number of halogens is 2. The third-order valence-corrected chi connectivity index (χ3v) is 5.73. The molecule has 2 aromatic carbocycles. The Labute approximate surface area is 174 Å². The third kappa shape index (κ3) is 3.89. The summed E-state index contributed by atoms with van der Waals surface area (Å²) in [4.78, 5) is 2.32. The highest BCUT2D eigenvalue weighted by atomic mass is 19.1. The lowest BCUT2D eigenvalue weighted by molar-refractivity contribution is 0.194. The lowest BCUT2D eigenvalue weighted by atomic mass is 9.90. The van der Waals surface area contributed by atoms with Gasteiger partial charge < -0.3 is 9.47 Å². The molecule has 0 spiro atoms. The van der Waals surface area contributed by atoms with Crippen LogP contribution in [0.1, 0.15) is 30.0 Å². The molecule has 158 valence electrons. The number of likely N-dealkylation sites (tertiary alicyclic amines) is 1. The molecule has 30 heavy (non-hydrogen) atoms. The standard InChI is InChI=1S/C23H25F2N3O2/c1-29-20-9-4-10-21(30-2)17(20)14-28-11-5-6-15(13-28)23-16(12-26-27-23)22-18(24)7-3-8-19(22)25/h3-4,7-10,12,15H,5-6,11,13-14H2,1-2H3,(H,26,27). The van der Waals surface area contributed by atoms with E-state index in [2.05, 4.69) is 15.1 Å². The Bertz CT molecular complexity index is 979. The van der Waals surface area contributed by atoms with Crippen LogP contribution in [-0.2, 0) is 6.54 Å². The van der Waals surface area contributed by atoms with Crippen molar-refractivity contribution in [1.82, 2.24) is 15.1 Å². The van der Waals surface area contributed by atoms with E-state index in [-0.39, 0.29) is 11.5 Å². The highest BCUT2D eigenvalue weighted by molar-refractivity contribution is 5.67. The molecular weight excluding hydrogens is 388 g/mol. The Morgan fingerprint density at radius 1 is 1.07 bits per heavy atom. The minimum Gasteiger partial charge on any atom is -0.496 e. The van der Waals surface area contributed by atoms with Gasteiger partial charge >= 0.3 is 0 Å². The zero-order valence-corrected chi connectivity index (χ0v) is 17.1. The summed E-state index contributed by atoms with van der Waals surface area (Å²) in [6.07, 6.45) is 3.41. The van der Waals surface area contributed by atoms with Crippen LogP contribution < -0.4 is 9.47 Å². The van der Waals surface area contributed by atoms with Crippen LogP contribution in [0.2, 0.25) is 0 Å². The van der Waals surface area contributed by atoms with Gasteiger partial charge in [0.25, 0.3) is 0 Å². The number of hydrogen-bond acceptors (Lipinski definition) is 4. The fourth-order valence-corrected chi connectivity index (χ4v) is 4.30. The lowest BCUT2D eigenvalue weighted by Crippen LogP contribution is -2.34. The van der Waals surface area contributed by atoms with Crippen molar-refractivity contribution >= 4 is 0 Å².